The number of likely N-dealkylation sites (tertiary alicyclic amines) is 1. The molecule has 0 unspecified atom stereocenters. The number of alkyl halides is 1. The maximum atomic E-state index is 14.5. The molecule has 1 aromatic carbocycles. The molecule has 2 amide bonds. The molecule has 8 nitrogen and oxygen atoms in total. The third-order valence-electron chi connectivity index (χ3n) is 8.08. The lowest BCUT2D eigenvalue weighted by Gasteiger charge is -2.34. The normalized spacial score (nSPS) is 28.7. The summed E-state index contributed by atoms with van der Waals surface area (Å²) in [6.45, 7) is 3.54. The number of hydrogen-bond acceptors (Lipinski definition) is 6. The van der Waals surface area contributed by atoms with Gasteiger partial charge >= 0.3 is 0 Å². The molecule has 9 heteroatoms. The molecule has 1 N–H and O–H groups in total. The van der Waals surface area contributed by atoms with Crippen LogP contribution in [0.4, 0.5) is 10.1 Å². The van der Waals surface area contributed by atoms with Crippen molar-refractivity contribution in [3.05, 3.63) is 29.8 Å². The van der Waals surface area contributed by atoms with Crippen LogP contribution < -0.4 is 10.2 Å². The number of fused-ring (bicyclic) bond motifs is 1. The zero-order valence-corrected chi connectivity index (χ0v) is 20.3. The SMILES string of the molecule is CN1CCN(c2ccc(C(=O)N[C@H](C(=O)N3C[C@H](F)[C@H]4OCC(=O)[C@H]43)C3CCCCC3)cc2)CC1. The molecule has 1 aliphatic carbocycles. The van der Waals surface area contributed by atoms with Gasteiger partial charge in [-0.05, 0) is 50.1 Å². The Labute approximate surface area is 205 Å². The van der Waals surface area contributed by atoms with Crippen LogP contribution in [-0.4, -0.2) is 98.1 Å². The number of ketones is 1. The van der Waals surface area contributed by atoms with Crippen molar-refractivity contribution in [2.24, 2.45) is 5.92 Å². The third kappa shape index (κ3) is 4.93. The summed E-state index contributed by atoms with van der Waals surface area (Å²) >= 11 is 0. The minimum Gasteiger partial charge on any atom is -0.369 e. The number of amides is 2. The molecular formula is C26H35FN4O4. The summed E-state index contributed by atoms with van der Waals surface area (Å²) in [4.78, 5) is 45.2. The van der Waals surface area contributed by atoms with Crippen LogP contribution in [0.5, 0.6) is 0 Å². The first kappa shape index (κ1) is 24.2. The van der Waals surface area contributed by atoms with Gasteiger partial charge in [0.2, 0.25) is 5.91 Å². The van der Waals surface area contributed by atoms with E-state index in [4.69, 9.17) is 4.74 Å². The Morgan fingerprint density at radius 3 is 2.43 bits per heavy atom. The second-order valence-electron chi connectivity index (χ2n) is 10.4. The molecular weight excluding hydrogens is 451 g/mol. The first-order valence-electron chi connectivity index (χ1n) is 12.9. The average Bonchev–Trinajstić information content (AvgIpc) is 3.43. The number of benzene rings is 1. The van der Waals surface area contributed by atoms with Crippen LogP contribution in [-0.2, 0) is 14.3 Å². The summed E-state index contributed by atoms with van der Waals surface area (Å²) in [5.74, 6) is -0.982. The summed E-state index contributed by atoms with van der Waals surface area (Å²) in [6, 6.07) is 5.82. The standard InChI is InChI=1S/C26H35FN4O4/c1-29-11-13-30(14-12-29)19-9-7-18(8-10-19)25(33)28-22(17-5-3-2-4-6-17)26(34)31-15-20(27)24-23(31)21(32)16-35-24/h7-10,17,20,22-24H,2-6,11-16H2,1H3,(H,28,33)/t20-,22-,23+,24+/m0/s1. The van der Waals surface area contributed by atoms with Crippen LogP contribution in [0.25, 0.3) is 0 Å². The van der Waals surface area contributed by atoms with Gasteiger partial charge in [0, 0.05) is 37.4 Å². The van der Waals surface area contributed by atoms with Crippen molar-refractivity contribution in [1.82, 2.24) is 15.1 Å². The number of likely N-dealkylation sites (N-methyl/N-ethyl adjacent to an activating group) is 1. The number of piperazine rings is 1. The van der Waals surface area contributed by atoms with Gasteiger partial charge in [-0.1, -0.05) is 19.3 Å². The van der Waals surface area contributed by atoms with Gasteiger partial charge in [0.05, 0.1) is 6.54 Å². The van der Waals surface area contributed by atoms with Crippen LogP contribution in [0.1, 0.15) is 42.5 Å². The van der Waals surface area contributed by atoms with Gasteiger partial charge in [-0.3, -0.25) is 14.4 Å². The van der Waals surface area contributed by atoms with E-state index in [0.717, 1.165) is 64.0 Å². The largest absolute Gasteiger partial charge is 0.369 e. The van der Waals surface area contributed by atoms with E-state index in [1.807, 2.05) is 12.1 Å². The Hall–Kier alpha value is -2.52. The van der Waals surface area contributed by atoms with Gasteiger partial charge in [-0.25, -0.2) is 4.39 Å². The van der Waals surface area contributed by atoms with Crippen molar-refractivity contribution in [2.45, 2.75) is 56.5 Å². The summed E-state index contributed by atoms with van der Waals surface area (Å²) < 4.78 is 19.9. The van der Waals surface area contributed by atoms with E-state index >= 15 is 0 Å². The van der Waals surface area contributed by atoms with Gasteiger partial charge in [0.1, 0.15) is 31.0 Å². The fourth-order valence-corrected chi connectivity index (χ4v) is 5.96. The molecule has 4 fully saturated rings. The molecule has 0 spiro atoms. The Morgan fingerprint density at radius 2 is 1.74 bits per heavy atom. The van der Waals surface area contributed by atoms with Crippen molar-refractivity contribution in [3.8, 4) is 0 Å². The molecule has 3 aliphatic heterocycles. The molecule has 0 bridgehead atoms. The monoisotopic (exact) mass is 486 g/mol. The molecule has 0 radical (unpaired) electrons. The summed E-state index contributed by atoms with van der Waals surface area (Å²) in [7, 11) is 2.11. The van der Waals surface area contributed by atoms with Gasteiger partial charge < -0.3 is 24.8 Å². The Balaban J connectivity index is 1.31. The third-order valence-corrected chi connectivity index (χ3v) is 8.08. The van der Waals surface area contributed by atoms with Gasteiger partial charge in [-0.15, -0.1) is 0 Å². The zero-order chi connectivity index (χ0) is 24.5. The number of carbonyl (C=O) groups is 3. The first-order valence-corrected chi connectivity index (χ1v) is 12.9. The lowest BCUT2D eigenvalue weighted by Crippen LogP contribution is -2.55. The molecule has 3 saturated heterocycles. The molecule has 0 aromatic heterocycles. The van der Waals surface area contributed by atoms with Crippen LogP contribution in [0.15, 0.2) is 24.3 Å². The topological polar surface area (TPSA) is 82.2 Å². The van der Waals surface area contributed by atoms with Gasteiger partial charge in [-0.2, -0.15) is 0 Å². The Bertz CT molecular complexity index is 943. The number of ether oxygens (including phenoxy) is 1. The molecule has 5 rings (SSSR count). The van der Waals surface area contributed by atoms with Crippen molar-refractivity contribution in [1.29, 1.82) is 0 Å². The first-order chi connectivity index (χ1) is 16.9. The smallest absolute Gasteiger partial charge is 0.251 e. The minimum absolute atomic E-state index is 0.0284. The fraction of sp³-hybridized carbons (Fsp3) is 0.654. The van der Waals surface area contributed by atoms with Gasteiger partial charge in [0.15, 0.2) is 5.78 Å². The highest BCUT2D eigenvalue weighted by atomic mass is 19.1. The van der Waals surface area contributed by atoms with Crippen molar-refractivity contribution in [3.63, 3.8) is 0 Å². The molecule has 3 heterocycles. The van der Waals surface area contributed by atoms with E-state index in [1.54, 1.807) is 12.1 Å². The van der Waals surface area contributed by atoms with Crippen LogP contribution in [0, 0.1) is 5.92 Å². The second kappa shape index (κ2) is 10.2. The Kier molecular flexibility index (Phi) is 7.07. The molecule has 4 atom stereocenters. The zero-order valence-electron chi connectivity index (χ0n) is 20.3. The number of carbonyl (C=O) groups excluding carboxylic acids is 3. The molecule has 1 aromatic rings. The highest BCUT2D eigenvalue weighted by molar-refractivity contribution is 5.99. The highest BCUT2D eigenvalue weighted by Gasteiger charge is 2.54. The van der Waals surface area contributed by atoms with E-state index in [0.29, 0.717) is 5.56 Å². The van der Waals surface area contributed by atoms with Crippen LogP contribution in [0.3, 0.4) is 0 Å². The molecule has 1 saturated carbocycles. The average molecular weight is 487 g/mol. The lowest BCUT2D eigenvalue weighted by atomic mass is 9.83. The van der Waals surface area contributed by atoms with E-state index in [2.05, 4.69) is 22.2 Å². The maximum Gasteiger partial charge on any atom is 0.251 e. The number of anilines is 1. The number of nitrogens with one attached hydrogen (secondary N) is 1. The predicted molar refractivity (Wildman–Crippen MR) is 129 cm³/mol. The highest BCUT2D eigenvalue weighted by Crippen LogP contribution is 2.33. The van der Waals surface area contributed by atoms with Crippen molar-refractivity contribution in [2.75, 3.05) is 51.3 Å². The van der Waals surface area contributed by atoms with E-state index in [1.165, 1.54) is 4.90 Å². The quantitative estimate of drug-likeness (QED) is 0.682. The molecule has 4 aliphatic rings. The van der Waals surface area contributed by atoms with Crippen molar-refractivity contribution >= 4 is 23.3 Å². The van der Waals surface area contributed by atoms with Gasteiger partial charge in [0.25, 0.3) is 5.91 Å². The lowest BCUT2D eigenvalue weighted by molar-refractivity contribution is -0.139. The second-order valence-corrected chi connectivity index (χ2v) is 10.4. The number of nitrogens with zero attached hydrogens (tertiary/aromatic N) is 3. The van der Waals surface area contributed by atoms with E-state index in [9.17, 15) is 18.8 Å². The summed E-state index contributed by atoms with van der Waals surface area (Å²) in [6.07, 6.45) is 2.45. The molecule has 35 heavy (non-hydrogen) atoms. The predicted octanol–water partition coefficient (Wildman–Crippen LogP) is 1.63. The van der Waals surface area contributed by atoms with Crippen LogP contribution in [0.2, 0.25) is 0 Å². The van der Waals surface area contributed by atoms with E-state index in [-0.39, 0.29) is 36.7 Å². The summed E-state index contributed by atoms with van der Waals surface area (Å²) in [5, 5.41) is 2.97. The number of hydrogen-bond donors (Lipinski definition) is 1. The van der Waals surface area contributed by atoms with Crippen molar-refractivity contribution < 1.29 is 23.5 Å². The summed E-state index contributed by atoms with van der Waals surface area (Å²) in [5.41, 5.74) is 1.56. The molecule has 190 valence electrons. The number of halogens is 1. The number of Topliss-reactive ketones (excluding diaryl/α,β-unsaturated/α-hetero) is 1. The minimum atomic E-state index is -1.39. The number of rotatable bonds is 5. The fourth-order valence-electron chi connectivity index (χ4n) is 5.96. The Morgan fingerprint density at radius 1 is 1.06 bits per heavy atom. The van der Waals surface area contributed by atoms with E-state index < -0.39 is 24.4 Å². The van der Waals surface area contributed by atoms with Crippen LogP contribution >= 0.6 is 0 Å². The maximum absolute atomic E-state index is 14.5.